The summed E-state index contributed by atoms with van der Waals surface area (Å²) in [6, 6.07) is 0.742. The van der Waals surface area contributed by atoms with Gasteiger partial charge < -0.3 is 9.47 Å². The van der Waals surface area contributed by atoms with E-state index < -0.39 is 0 Å². The third kappa shape index (κ3) is 2.65. The minimum atomic E-state index is 0.692. The monoisotopic (exact) mass is 275 g/mol. The van der Waals surface area contributed by atoms with Crippen LogP contribution >= 0.6 is 0 Å². The Morgan fingerprint density at radius 3 is 2.70 bits per heavy atom. The zero-order valence-corrected chi connectivity index (χ0v) is 13.3. The molecule has 1 aromatic heterocycles. The van der Waals surface area contributed by atoms with Crippen LogP contribution in [0.1, 0.15) is 63.9 Å². The van der Waals surface area contributed by atoms with Crippen molar-refractivity contribution < 1.29 is 0 Å². The molecule has 0 spiro atoms. The highest BCUT2D eigenvalue weighted by molar-refractivity contribution is 5.13. The second kappa shape index (κ2) is 5.88. The quantitative estimate of drug-likeness (QED) is 0.842. The van der Waals surface area contributed by atoms with Gasteiger partial charge in [-0.05, 0) is 58.0 Å². The molecule has 0 amide bonds. The van der Waals surface area contributed by atoms with Crippen LogP contribution in [0.3, 0.4) is 0 Å². The van der Waals surface area contributed by atoms with Gasteiger partial charge in [-0.1, -0.05) is 13.8 Å². The van der Waals surface area contributed by atoms with Gasteiger partial charge in [0, 0.05) is 30.4 Å². The fourth-order valence-corrected chi connectivity index (χ4v) is 3.84. The zero-order chi connectivity index (χ0) is 14.1. The van der Waals surface area contributed by atoms with Crippen molar-refractivity contribution in [3.8, 4) is 0 Å². The topological polar surface area (TPSA) is 21.1 Å². The molecule has 112 valence electrons. The van der Waals surface area contributed by atoms with Crippen molar-refractivity contribution >= 4 is 0 Å². The first-order chi connectivity index (χ1) is 9.69. The van der Waals surface area contributed by atoms with Crippen LogP contribution in [0.5, 0.6) is 0 Å². The van der Waals surface area contributed by atoms with Crippen LogP contribution in [0.2, 0.25) is 0 Å². The zero-order valence-electron chi connectivity index (χ0n) is 13.3. The summed E-state index contributed by atoms with van der Waals surface area (Å²) < 4.78 is 2.53. The Morgan fingerprint density at radius 2 is 2.00 bits per heavy atom. The molecule has 0 N–H and O–H groups in total. The lowest BCUT2D eigenvalue weighted by molar-refractivity contribution is 0.155. The van der Waals surface area contributed by atoms with E-state index in [1.807, 2.05) is 0 Å². The van der Waals surface area contributed by atoms with Gasteiger partial charge in [-0.2, -0.15) is 0 Å². The molecule has 0 aliphatic carbocycles. The van der Waals surface area contributed by atoms with E-state index in [4.69, 9.17) is 4.98 Å². The van der Waals surface area contributed by atoms with E-state index in [-0.39, 0.29) is 0 Å². The predicted molar refractivity (Wildman–Crippen MR) is 83.0 cm³/mol. The molecule has 1 aromatic rings. The first-order valence-corrected chi connectivity index (χ1v) is 8.47. The van der Waals surface area contributed by atoms with Gasteiger partial charge in [-0.15, -0.1) is 0 Å². The van der Waals surface area contributed by atoms with Crippen molar-refractivity contribution in [3.05, 3.63) is 17.7 Å². The van der Waals surface area contributed by atoms with Gasteiger partial charge in [-0.3, -0.25) is 0 Å². The van der Waals surface area contributed by atoms with Gasteiger partial charge in [-0.25, -0.2) is 4.98 Å². The molecule has 0 radical (unpaired) electrons. The highest BCUT2D eigenvalue weighted by Gasteiger charge is 2.28. The van der Waals surface area contributed by atoms with Crippen molar-refractivity contribution in [1.29, 1.82) is 0 Å². The van der Waals surface area contributed by atoms with E-state index in [9.17, 15) is 0 Å². The van der Waals surface area contributed by atoms with Crippen LogP contribution in [-0.2, 0) is 13.0 Å². The van der Waals surface area contributed by atoms with E-state index in [0.29, 0.717) is 5.92 Å². The second-order valence-corrected chi connectivity index (χ2v) is 6.92. The first kappa shape index (κ1) is 14.1. The van der Waals surface area contributed by atoms with E-state index in [1.165, 1.54) is 63.3 Å². The van der Waals surface area contributed by atoms with E-state index in [0.717, 1.165) is 12.0 Å². The largest absolute Gasteiger partial charge is 0.332 e. The molecule has 0 saturated carbocycles. The SMILES string of the molecule is CCC(C)N1CCC(c2ncc3n2CCC(C)C3)CC1. The number of rotatable bonds is 3. The number of likely N-dealkylation sites (tertiary alicyclic amines) is 1. The lowest BCUT2D eigenvalue weighted by Crippen LogP contribution is -2.39. The Labute approximate surface area is 123 Å². The van der Waals surface area contributed by atoms with Gasteiger partial charge in [0.1, 0.15) is 5.82 Å². The average Bonchev–Trinajstić information content (AvgIpc) is 2.89. The van der Waals surface area contributed by atoms with Crippen LogP contribution in [-0.4, -0.2) is 33.6 Å². The van der Waals surface area contributed by atoms with Crippen molar-refractivity contribution in [2.24, 2.45) is 5.92 Å². The average molecular weight is 275 g/mol. The minimum Gasteiger partial charge on any atom is -0.332 e. The van der Waals surface area contributed by atoms with Gasteiger partial charge >= 0.3 is 0 Å². The fraction of sp³-hybridized carbons (Fsp3) is 0.824. The fourth-order valence-electron chi connectivity index (χ4n) is 3.84. The third-order valence-electron chi connectivity index (χ3n) is 5.48. The van der Waals surface area contributed by atoms with Crippen LogP contribution in [0.15, 0.2) is 6.20 Å². The minimum absolute atomic E-state index is 0.692. The molecule has 0 bridgehead atoms. The maximum absolute atomic E-state index is 4.79. The molecule has 2 aliphatic heterocycles. The van der Waals surface area contributed by atoms with Gasteiger partial charge in [0.2, 0.25) is 0 Å². The molecule has 2 unspecified atom stereocenters. The number of imidazole rings is 1. The molecule has 3 nitrogen and oxygen atoms in total. The number of hydrogen-bond acceptors (Lipinski definition) is 2. The molecular formula is C17H29N3. The standard InChI is InChI=1S/C17H29N3/c1-4-14(3)19-8-6-15(7-9-19)17-18-12-16-11-13(2)5-10-20(16)17/h12-15H,4-11H2,1-3H3. The maximum Gasteiger partial charge on any atom is 0.112 e. The summed E-state index contributed by atoms with van der Waals surface area (Å²) in [5.41, 5.74) is 1.48. The van der Waals surface area contributed by atoms with Crippen molar-refractivity contribution in [3.63, 3.8) is 0 Å². The molecule has 0 aromatic carbocycles. The summed E-state index contributed by atoms with van der Waals surface area (Å²) >= 11 is 0. The van der Waals surface area contributed by atoms with E-state index >= 15 is 0 Å². The molecule has 3 rings (SSSR count). The summed E-state index contributed by atoms with van der Waals surface area (Å²) in [6.07, 6.45) is 8.53. The Hall–Kier alpha value is -0.830. The molecule has 1 fully saturated rings. The van der Waals surface area contributed by atoms with Crippen LogP contribution in [0.4, 0.5) is 0 Å². The Morgan fingerprint density at radius 1 is 1.25 bits per heavy atom. The summed E-state index contributed by atoms with van der Waals surface area (Å²) in [4.78, 5) is 7.44. The van der Waals surface area contributed by atoms with Crippen molar-refractivity contribution in [1.82, 2.24) is 14.5 Å². The van der Waals surface area contributed by atoms with Gasteiger partial charge in [0.15, 0.2) is 0 Å². The molecule has 2 aliphatic rings. The Kier molecular flexibility index (Phi) is 4.16. The molecule has 2 atom stereocenters. The van der Waals surface area contributed by atoms with E-state index in [1.54, 1.807) is 0 Å². The molecule has 3 heteroatoms. The lowest BCUT2D eigenvalue weighted by atomic mass is 9.93. The third-order valence-corrected chi connectivity index (χ3v) is 5.48. The van der Waals surface area contributed by atoms with Gasteiger partial charge in [0.25, 0.3) is 0 Å². The molecule has 20 heavy (non-hydrogen) atoms. The summed E-state index contributed by atoms with van der Waals surface area (Å²) in [5, 5.41) is 0. The molecular weight excluding hydrogens is 246 g/mol. The number of piperidine rings is 1. The highest BCUT2D eigenvalue weighted by atomic mass is 15.2. The number of hydrogen-bond donors (Lipinski definition) is 0. The van der Waals surface area contributed by atoms with Gasteiger partial charge in [0.05, 0.1) is 0 Å². The highest BCUT2D eigenvalue weighted by Crippen LogP contribution is 2.31. The summed E-state index contributed by atoms with van der Waals surface area (Å²) in [6.45, 7) is 10.7. The smallest absolute Gasteiger partial charge is 0.112 e. The van der Waals surface area contributed by atoms with E-state index in [2.05, 4.69) is 36.4 Å². The first-order valence-electron chi connectivity index (χ1n) is 8.47. The van der Waals surface area contributed by atoms with Crippen LogP contribution < -0.4 is 0 Å². The number of aromatic nitrogens is 2. The Balaban J connectivity index is 1.67. The predicted octanol–water partition coefficient (Wildman–Crippen LogP) is 3.44. The second-order valence-electron chi connectivity index (χ2n) is 6.92. The van der Waals surface area contributed by atoms with Crippen molar-refractivity contribution in [2.45, 2.75) is 71.4 Å². The van der Waals surface area contributed by atoms with Crippen LogP contribution in [0, 0.1) is 5.92 Å². The molecule has 1 saturated heterocycles. The summed E-state index contributed by atoms with van der Waals surface area (Å²) in [5.74, 6) is 2.91. The lowest BCUT2D eigenvalue weighted by Gasteiger charge is -2.36. The molecule has 3 heterocycles. The maximum atomic E-state index is 4.79. The van der Waals surface area contributed by atoms with Crippen LogP contribution in [0.25, 0.3) is 0 Å². The normalized spacial score (nSPS) is 26.4. The number of fused-ring (bicyclic) bond motifs is 1. The van der Waals surface area contributed by atoms with Crippen molar-refractivity contribution in [2.75, 3.05) is 13.1 Å². The Bertz CT molecular complexity index is 443. The summed E-state index contributed by atoms with van der Waals surface area (Å²) in [7, 11) is 0. The number of nitrogens with zero attached hydrogens (tertiary/aromatic N) is 3.